The Bertz CT molecular complexity index is 277. The molecule has 1 atom stereocenters. The maximum atomic E-state index is 9.61. The third-order valence-electron chi connectivity index (χ3n) is 2.21. The predicted octanol–water partition coefficient (Wildman–Crippen LogP) is 2.78. The molecule has 84 valence electrons. The first-order chi connectivity index (χ1) is 7.08. The fourth-order valence-electron chi connectivity index (χ4n) is 1.44. The average molecular weight is 208 g/mol. The lowest BCUT2D eigenvalue weighted by Gasteiger charge is -2.14. The minimum Gasteiger partial charge on any atom is -0.491 e. The van der Waals surface area contributed by atoms with Gasteiger partial charge < -0.3 is 9.84 Å². The molecule has 0 radical (unpaired) electrons. The van der Waals surface area contributed by atoms with E-state index in [4.69, 9.17) is 4.74 Å². The molecule has 0 aliphatic heterocycles. The Morgan fingerprint density at radius 3 is 2.33 bits per heavy atom. The Hall–Kier alpha value is -1.02. The van der Waals surface area contributed by atoms with Crippen molar-refractivity contribution in [3.8, 4) is 5.75 Å². The summed E-state index contributed by atoms with van der Waals surface area (Å²) in [5.74, 6) is 1.32. The Morgan fingerprint density at radius 2 is 1.80 bits per heavy atom. The lowest BCUT2D eigenvalue weighted by atomic mass is 10.1. The summed E-state index contributed by atoms with van der Waals surface area (Å²) < 4.78 is 5.47. The van der Waals surface area contributed by atoms with E-state index in [1.807, 2.05) is 31.2 Å². The van der Waals surface area contributed by atoms with Crippen LogP contribution in [-0.2, 0) is 0 Å². The van der Waals surface area contributed by atoms with Crippen molar-refractivity contribution in [2.75, 3.05) is 6.61 Å². The quantitative estimate of drug-likeness (QED) is 0.806. The zero-order valence-corrected chi connectivity index (χ0v) is 9.73. The van der Waals surface area contributed by atoms with Crippen LogP contribution in [-0.4, -0.2) is 17.8 Å². The zero-order chi connectivity index (χ0) is 11.3. The second-order valence-corrected chi connectivity index (χ2v) is 4.41. The summed E-state index contributed by atoms with van der Waals surface area (Å²) in [7, 11) is 0. The van der Waals surface area contributed by atoms with Crippen LogP contribution in [0.2, 0.25) is 0 Å². The molecule has 1 aromatic rings. The number of ether oxygens (including phenoxy) is 1. The van der Waals surface area contributed by atoms with Crippen LogP contribution in [0, 0.1) is 12.8 Å². The molecule has 0 saturated carbocycles. The SMILES string of the molecule is Cc1ccc(OCC(O)CC(C)C)cc1. The van der Waals surface area contributed by atoms with Gasteiger partial charge in [-0.25, -0.2) is 0 Å². The first-order valence-corrected chi connectivity index (χ1v) is 5.45. The first kappa shape index (κ1) is 12.1. The van der Waals surface area contributed by atoms with Gasteiger partial charge in [0.1, 0.15) is 12.4 Å². The molecule has 1 N–H and O–H groups in total. The lowest BCUT2D eigenvalue weighted by Crippen LogP contribution is -2.19. The van der Waals surface area contributed by atoms with Gasteiger partial charge in [0.2, 0.25) is 0 Å². The van der Waals surface area contributed by atoms with Crippen LogP contribution in [0.25, 0.3) is 0 Å². The number of aryl methyl sites for hydroxylation is 1. The van der Waals surface area contributed by atoms with Gasteiger partial charge in [0.15, 0.2) is 0 Å². The van der Waals surface area contributed by atoms with Gasteiger partial charge in [0.05, 0.1) is 6.10 Å². The van der Waals surface area contributed by atoms with Crippen LogP contribution < -0.4 is 4.74 Å². The van der Waals surface area contributed by atoms with E-state index in [0.717, 1.165) is 12.2 Å². The molecule has 0 spiro atoms. The van der Waals surface area contributed by atoms with Crippen molar-refractivity contribution in [3.05, 3.63) is 29.8 Å². The number of aliphatic hydroxyl groups is 1. The second kappa shape index (κ2) is 5.76. The fraction of sp³-hybridized carbons (Fsp3) is 0.538. The van der Waals surface area contributed by atoms with Gasteiger partial charge in [0.25, 0.3) is 0 Å². The van der Waals surface area contributed by atoms with Crippen molar-refractivity contribution in [3.63, 3.8) is 0 Å². The maximum Gasteiger partial charge on any atom is 0.119 e. The van der Waals surface area contributed by atoms with E-state index in [-0.39, 0.29) is 6.10 Å². The average Bonchev–Trinajstić information content (AvgIpc) is 2.16. The van der Waals surface area contributed by atoms with Gasteiger partial charge in [-0.3, -0.25) is 0 Å². The normalized spacial score (nSPS) is 12.9. The molecule has 1 aromatic carbocycles. The van der Waals surface area contributed by atoms with E-state index < -0.39 is 0 Å². The van der Waals surface area contributed by atoms with E-state index in [9.17, 15) is 5.11 Å². The van der Waals surface area contributed by atoms with E-state index >= 15 is 0 Å². The zero-order valence-electron chi connectivity index (χ0n) is 9.73. The van der Waals surface area contributed by atoms with Crippen LogP contribution in [0.5, 0.6) is 5.75 Å². The monoisotopic (exact) mass is 208 g/mol. The number of rotatable bonds is 5. The van der Waals surface area contributed by atoms with Crippen molar-refractivity contribution in [1.29, 1.82) is 0 Å². The third-order valence-corrected chi connectivity index (χ3v) is 2.21. The number of aliphatic hydroxyl groups excluding tert-OH is 1. The standard InChI is InChI=1S/C13H20O2/c1-10(2)8-12(14)9-15-13-6-4-11(3)5-7-13/h4-7,10,12,14H,8-9H2,1-3H3. The molecule has 0 fully saturated rings. The Labute approximate surface area is 91.9 Å². The largest absolute Gasteiger partial charge is 0.491 e. The topological polar surface area (TPSA) is 29.5 Å². The van der Waals surface area contributed by atoms with Crippen LogP contribution in [0.1, 0.15) is 25.8 Å². The van der Waals surface area contributed by atoms with Crippen molar-refractivity contribution in [2.24, 2.45) is 5.92 Å². The third kappa shape index (κ3) is 4.84. The van der Waals surface area contributed by atoms with Crippen LogP contribution in [0.4, 0.5) is 0 Å². The molecule has 0 aliphatic rings. The van der Waals surface area contributed by atoms with Crippen molar-refractivity contribution in [2.45, 2.75) is 33.3 Å². The molecule has 0 bridgehead atoms. The molecule has 0 aliphatic carbocycles. The van der Waals surface area contributed by atoms with Crippen molar-refractivity contribution >= 4 is 0 Å². The summed E-state index contributed by atoms with van der Waals surface area (Å²) in [6.07, 6.45) is 0.414. The summed E-state index contributed by atoms with van der Waals surface area (Å²) in [4.78, 5) is 0. The predicted molar refractivity (Wildman–Crippen MR) is 62.1 cm³/mol. The summed E-state index contributed by atoms with van der Waals surface area (Å²) >= 11 is 0. The molecule has 0 saturated heterocycles. The van der Waals surface area contributed by atoms with Gasteiger partial charge in [-0.1, -0.05) is 31.5 Å². The highest BCUT2D eigenvalue weighted by Gasteiger charge is 2.07. The number of benzene rings is 1. The lowest BCUT2D eigenvalue weighted by molar-refractivity contribution is 0.0893. The molecular formula is C13H20O2. The summed E-state index contributed by atoms with van der Waals surface area (Å²) in [5, 5.41) is 9.61. The van der Waals surface area contributed by atoms with Gasteiger partial charge in [-0.05, 0) is 31.4 Å². The van der Waals surface area contributed by atoms with Gasteiger partial charge in [0, 0.05) is 0 Å². The molecule has 1 rings (SSSR count). The van der Waals surface area contributed by atoms with Crippen LogP contribution in [0.15, 0.2) is 24.3 Å². The minimum atomic E-state index is -0.369. The summed E-state index contributed by atoms with van der Waals surface area (Å²) in [6.45, 7) is 6.60. The summed E-state index contributed by atoms with van der Waals surface area (Å²) in [5.41, 5.74) is 1.21. The minimum absolute atomic E-state index is 0.369. The van der Waals surface area contributed by atoms with E-state index in [1.54, 1.807) is 0 Å². The van der Waals surface area contributed by atoms with Crippen LogP contribution >= 0.6 is 0 Å². The molecule has 2 heteroatoms. The molecule has 0 heterocycles. The van der Waals surface area contributed by atoms with Crippen molar-refractivity contribution < 1.29 is 9.84 Å². The van der Waals surface area contributed by atoms with Crippen LogP contribution in [0.3, 0.4) is 0 Å². The highest BCUT2D eigenvalue weighted by atomic mass is 16.5. The van der Waals surface area contributed by atoms with E-state index in [2.05, 4.69) is 13.8 Å². The van der Waals surface area contributed by atoms with Gasteiger partial charge in [-0.15, -0.1) is 0 Å². The van der Waals surface area contributed by atoms with E-state index in [0.29, 0.717) is 12.5 Å². The number of hydrogen-bond donors (Lipinski definition) is 1. The Kier molecular flexibility index (Phi) is 4.63. The molecule has 15 heavy (non-hydrogen) atoms. The van der Waals surface area contributed by atoms with E-state index in [1.165, 1.54) is 5.56 Å². The smallest absolute Gasteiger partial charge is 0.119 e. The molecule has 2 nitrogen and oxygen atoms in total. The molecule has 0 amide bonds. The Balaban J connectivity index is 2.33. The fourth-order valence-corrected chi connectivity index (χ4v) is 1.44. The first-order valence-electron chi connectivity index (χ1n) is 5.45. The van der Waals surface area contributed by atoms with Gasteiger partial charge in [-0.2, -0.15) is 0 Å². The van der Waals surface area contributed by atoms with Crippen molar-refractivity contribution in [1.82, 2.24) is 0 Å². The molecule has 0 aromatic heterocycles. The molecule has 1 unspecified atom stereocenters. The highest BCUT2D eigenvalue weighted by molar-refractivity contribution is 5.26. The van der Waals surface area contributed by atoms with Gasteiger partial charge >= 0.3 is 0 Å². The Morgan fingerprint density at radius 1 is 1.20 bits per heavy atom. The second-order valence-electron chi connectivity index (χ2n) is 4.41. The highest BCUT2D eigenvalue weighted by Crippen LogP contribution is 2.13. The molecular weight excluding hydrogens is 188 g/mol. The number of hydrogen-bond acceptors (Lipinski definition) is 2. The maximum absolute atomic E-state index is 9.61. The summed E-state index contributed by atoms with van der Waals surface area (Å²) in [6, 6.07) is 7.86.